The van der Waals surface area contributed by atoms with Gasteiger partial charge in [0.15, 0.2) is 5.78 Å². The van der Waals surface area contributed by atoms with E-state index in [4.69, 9.17) is 0 Å². The molecule has 2 nitrogen and oxygen atoms in total. The maximum Gasteiger partial charge on any atom is 0.160 e. The third-order valence-electron chi connectivity index (χ3n) is 3.00. The van der Waals surface area contributed by atoms with Gasteiger partial charge in [-0.2, -0.15) is 0 Å². The zero-order chi connectivity index (χ0) is 11.5. The van der Waals surface area contributed by atoms with Crippen molar-refractivity contribution in [3.05, 3.63) is 41.1 Å². The highest BCUT2D eigenvalue weighted by atomic mass is 16.1. The molecule has 0 bridgehead atoms. The molecule has 0 aliphatic heterocycles. The molecule has 16 heavy (non-hydrogen) atoms. The SMILES string of the molecule is Cc1ccc(C)c(N/C=C2/CCCC2=O)c1. The number of benzene rings is 1. The van der Waals surface area contributed by atoms with Crippen molar-refractivity contribution in [1.29, 1.82) is 0 Å². The zero-order valence-corrected chi connectivity index (χ0v) is 9.84. The predicted octanol–water partition coefficient (Wildman–Crippen LogP) is 3.35. The molecule has 1 saturated carbocycles. The fourth-order valence-corrected chi connectivity index (χ4v) is 1.95. The van der Waals surface area contributed by atoms with E-state index in [0.29, 0.717) is 6.42 Å². The van der Waals surface area contributed by atoms with Gasteiger partial charge in [0.1, 0.15) is 0 Å². The van der Waals surface area contributed by atoms with Gasteiger partial charge in [-0.25, -0.2) is 0 Å². The normalized spacial score (nSPS) is 18.1. The van der Waals surface area contributed by atoms with Crippen LogP contribution in [-0.2, 0) is 4.79 Å². The smallest absolute Gasteiger partial charge is 0.160 e. The van der Waals surface area contributed by atoms with Gasteiger partial charge in [0, 0.05) is 23.9 Å². The first-order chi connectivity index (χ1) is 7.66. The van der Waals surface area contributed by atoms with E-state index in [0.717, 1.165) is 24.1 Å². The van der Waals surface area contributed by atoms with Crippen LogP contribution in [0.1, 0.15) is 30.4 Å². The number of anilines is 1. The average Bonchev–Trinajstić information content (AvgIpc) is 2.66. The van der Waals surface area contributed by atoms with Crippen LogP contribution in [0.2, 0.25) is 0 Å². The third kappa shape index (κ3) is 2.32. The van der Waals surface area contributed by atoms with Crippen molar-refractivity contribution in [2.75, 3.05) is 5.32 Å². The Labute approximate surface area is 96.4 Å². The molecule has 0 spiro atoms. The lowest BCUT2D eigenvalue weighted by Crippen LogP contribution is -1.98. The highest BCUT2D eigenvalue weighted by Crippen LogP contribution is 2.22. The second kappa shape index (κ2) is 4.52. The van der Waals surface area contributed by atoms with Gasteiger partial charge in [0.2, 0.25) is 0 Å². The number of hydrogen-bond acceptors (Lipinski definition) is 2. The standard InChI is InChI=1S/C14H17NO/c1-10-6-7-11(2)13(8-10)15-9-12-4-3-5-14(12)16/h6-9,15H,3-5H2,1-2H3/b12-9-. The van der Waals surface area contributed by atoms with Crippen molar-refractivity contribution < 1.29 is 4.79 Å². The van der Waals surface area contributed by atoms with Gasteiger partial charge < -0.3 is 5.32 Å². The Morgan fingerprint density at radius 1 is 1.25 bits per heavy atom. The van der Waals surface area contributed by atoms with Gasteiger partial charge in [0.05, 0.1) is 0 Å². The van der Waals surface area contributed by atoms with Crippen LogP contribution in [-0.4, -0.2) is 5.78 Å². The van der Waals surface area contributed by atoms with E-state index < -0.39 is 0 Å². The molecule has 1 aliphatic rings. The Kier molecular flexibility index (Phi) is 3.09. The molecule has 0 amide bonds. The van der Waals surface area contributed by atoms with E-state index in [1.54, 1.807) is 0 Å². The number of ketones is 1. The molecule has 2 rings (SSSR count). The van der Waals surface area contributed by atoms with E-state index in [-0.39, 0.29) is 5.78 Å². The number of nitrogens with one attached hydrogen (secondary N) is 1. The Morgan fingerprint density at radius 3 is 2.75 bits per heavy atom. The molecule has 1 fully saturated rings. The van der Waals surface area contributed by atoms with E-state index in [9.17, 15) is 4.79 Å². The van der Waals surface area contributed by atoms with Crippen LogP contribution in [0.4, 0.5) is 5.69 Å². The molecule has 1 N–H and O–H groups in total. The lowest BCUT2D eigenvalue weighted by atomic mass is 10.1. The Bertz CT molecular complexity index is 446. The number of aryl methyl sites for hydroxylation is 2. The highest BCUT2D eigenvalue weighted by molar-refractivity contribution is 5.97. The molecule has 0 heterocycles. The lowest BCUT2D eigenvalue weighted by Gasteiger charge is -2.07. The monoisotopic (exact) mass is 215 g/mol. The fraction of sp³-hybridized carbons (Fsp3) is 0.357. The van der Waals surface area contributed by atoms with Crippen LogP contribution in [0.25, 0.3) is 0 Å². The van der Waals surface area contributed by atoms with E-state index in [2.05, 4.69) is 37.4 Å². The molecule has 0 radical (unpaired) electrons. The quantitative estimate of drug-likeness (QED) is 0.766. The van der Waals surface area contributed by atoms with Crippen molar-refractivity contribution in [3.8, 4) is 0 Å². The summed E-state index contributed by atoms with van der Waals surface area (Å²) in [4.78, 5) is 11.4. The van der Waals surface area contributed by atoms with Gasteiger partial charge in [0.25, 0.3) is 0 Å². The first-order valence-corrected chi connectivity index (χ1v) is 5.73. The Hall–Kier alpha value is -1.57. The number of allylic oxidation sites excluding steroid dienone is 1. The molecule has 0 unspecified atom stereocenters. The van der Waals surface area contributed by atoms with Crippen LogP contribution >= 0.6 is 0 Å². The van der Waals surface area contributed by atoms with Crippen molar-refractivity contribution in [2.24, 2.45) is 0 Å². The maximum atomic E-state index is 11.4. The second-order valence-corrected chi connectivity index (χ2v) is 4.41. The number of carbonyl (C=O) groups is 1. The largest absolute Gasteiger partial charge is 0.361 e. The number of rotatable bonds is 2. The van der Waals surface area contributed by atoms with Gasteiger partial charge in [-0.05, 0) is 43.9 Å². The highest BCUT2D eigenvalue weighted by Gasteiger charge is 2.16. The summed E-state index contributed by atoms with van der Waals surface area (Å²) in [6.07, 6.45) is 4.49. The summed E-state index contributed by atoms with van der Waals surface area (Å²) >= 11 is 0. The topological polar surface area (TPSA) is 29.1 Å². The first kappa shape index (κ1) is 10.9. The molecule has 0 aromatic heterocycles. The number of carbonyl (C=O) groups excluding carboxylic acids is 1. The summed E-state index contributed by atoms with van der Waals surface area (Å²) in [6.45, 7) is 4.13. The van der Waals surface area contributed by atoms with E-state index in [1.807, 2.05) is 6.20 Å². The molecule has 84 valence electrons. The van der Waals surface area contributed by atoms with E-state index >= 15 is 0 Å². The van der Waals surface area contributed by atoms with Crippen LogP contribution in [0, 0.1) is 13.8 Å². The molecule has 0 atom stereocenters. The summed E-state index contributed by atoms with van der Waals surface area (Å²) in [6, 6.07) is 6.28. The van der Waals surface area contributed by atoms with Crippen LogP contribution in [0.3, 0.4) is 0 Å². The minimum atomic E-state index is 0.290. The zero-order valence-electron chi connectivity index (χ0n) is 9.84. The number of hydrogen-bond donors (Lipinski definition) is 1. The molecular weight excluding hydrogens is 198 g/mol. The summed E-state index contributed by atoms with van der Waals surface area (Å²) in [7, 11) is 0. The Balaban J connectivity index is 2.15. The molecule has 2 heteroatoms. The van der Waals surface area contributed by atoms with Crippen LogP contribution < -0.4 is 5.32 Å². The fourth-order valence-electron chi connectivity index (χ4n) is 1.95. The van der Waals surface area contributed by atoms with Crippen molar-refractivity contribution in [1.82, 2.24) is 0 Å². The summed E-state index contributed by atoms with van der Waals surface area (Å²) in [5.41, 5.74) is 4.45. The summed E-state index contributed by atoms with van der Waals surface area (Å²) < 4.78 is 0. The summed E-state index contributed by atoms with van der Waals surface area (Å²) in [5.74, 6) is 0.290. The van der Waals surface area contributed by atoms with Crippen LogP contribution in [0.15, 0.2) is 30.0 Å². The van der Waals surface area contributed by atoms with Gasteiger partial charge >= 0.3 is 0 Å². The van der Waals surface area contributed by atoms with Gasteiger partial charge in [-0.1, -0.05) is 12.1 Å². The lowest BCUT2D eigenvalue weighted by molar-refractivity contribution is -0.114. The average molecular weight is 215 g/mol. The van der Waals surface area contributed by atoms with Crippen molar-refractivity contribution in [3.63, 3.8) is 0 Å². The second-order valence-electron chi connectivity index (χ2n) is 4.41. The molecule has 1 aromatic rings. The minimum Gasteiger partial charge on any atom is -0.361 e. The minimum absolute atomic E-state index is 0.290. The molecule has 1 aromatic carbocycles. The van der Waals surface area contributed by atoms with Crippen LogP contribution in [0.5, 0.6) is 0 Å². The van der Waals surface area contributed by atoms with Crippen molar-refractivity contribution >= 4 is 11.5 Å². The van der Waals surface area contributed by atoms with Gasteiger partial charge in [-0.3, -0.25) is 4.79 Å². The molecular formula is C14H17NO. The van der Waals surface area contributed by atoms with Crippen molar-refractivity contribution in [2.45, 2.75) is 33.1 Å². The molecule has 0 saturated heterocycles. The third-order valence-corrected chi connectivity index (χ3v) is 3.00. The van der Waals surface area contributed by atoms with E-state index in [1.165, 1.54) is 11.1 Å². The van der Waals surface area contributed by atoms with Gasteiger partial charge in [-0.15, -0.1) is 0 Å². The first-order valence-electron chi connectivity index (χ1n) is 5.73. The molecule has 1 aliphatic carbocycles. The maximum absolute atomic E-state index is 11.4. The summed E-state index contributed by atoms with van der Waals surface area (Å²) in [5, 5.41) is 3.24. The Morgan fingerprint density at radius 2 is 2.06 bits per heavy atom. The number of Topliss-reactive ketones (excluding diaryl/α,β-unsaturated/α-hetero) is 1. The predicted molar refractivity (Wildman–Crippen MR) is 66.5 cm³/mol.